The summed E-state index contributed by atoms with van der Waals surface area (Å²) in [7, 11) is 0. The maximum Gasteiger partial charge on any atom is 0.231 e. The molecular formula is C22H23ClN4OS. The summed E-state index contributed by atoms with van der Waals surface area (Å²) >= 11 is 7.49. The summed E-state index contributed by atoms with van der Waals surface area (Å²) in [5.74, 6) is 1.30. The summed E-state index contributed by atoms with van der Waals surface area (Å²) < 4.78 is 2.17. The summed E-state index contributed by atoms with van der Waals surface area (Å²) in [6.45, 7) is 0.934. The Morgan fingerprint density at radius 2 is 1.79 bits per heavy atom. The van der Waals surface area contributed by atoms with Gasteiger partial charge in [-0.25, -0.2) is 0 Å². The van der Waals surface area contributed by atoms with Crippen LogP contribution in [0.5, 0.6) is 0 Å². The number of hydrogen-bond acceptors (Lipinski definition) is 4. The first-order valence-corrected chi connectivity index (χ1v) is 11.2. The summed E-state index contributed by atoms with van der Waals surface area (Å²) in [5.41, 5.74) is 2.03. The smallest absolute Gasteiger partial charge is 0.231 e. The van der Waals surface area contributed by atoms with Crippen LogP contribution in [0.1, 0.15) is 42.3 Å². The molecular weight excluding hydrogens is 404 g/mol. The molecule has 0 bridgehead atoms. The van der Waals surface area contributed by atoms with Gasteiger partial charge in [0, 0.05) is 18.0 Å². The zero-order valence-electron chi connectivity index (χ0n) is 16.1. The van der Waals surface area contributed by atoms with Gasteiger partial charge in [0.25, 0.3) is 0 Å². The highest BCUT2D eigenvalue weighted by Crippen LogP contribution is 2.25. The van der Waals surface area contributed by atoms with Gasteiger partial charge in [-0.2, -0.15) is 0 Å². The van der Waals surface area contributed by atoms with E-state index in [1.807, 2.05) is 54.6 Å². The minimum absolute atomic E-state index is 0.0372. The molecule has 0 spiro atoms. The molecule has 2 aromatic carbocycles. The molecule has 0 aliphatic carbocycles. The van der Waals surface area contributed by atoms with Crippen molar-refractivity contribution < 1.29 is 4.79 Å². The number of thioether (sulfide) groups is 1. The molecule has 150 valence electrons. The third-order valence-electron chi connectivity index (χ3n) is 5.05. The van der Waals surface area contributed by atoms with E-state index in [2.05, 4.69) is 20.1 Å². The van der Waals surface area contributed by atoms with E-state index in [0.29, 0.717) is 10.8 Å². The molecule has 0 saturated carbocycles. The van der Waals surface area contributed by atoms with Gasteiger partial charge in [-0.15, -0.1) is 10.2 Å². The van der Waals surface area contributed by atoms with E-state index in [9.17, 15) is 4.79 Å². The van der Waals surface area contributed by atoms with E-state index in [1.165, 1.54) is 18.2 Å². The predicted molar refractivity (Wildman–Crippen MR) is 116 cm³/mol. The Labute approximate surface area is 179 Å². The Bertz CT molecular complexity index is 959. The number of nitrogens with one attached hydrogen (secondary N) is 1. The number of carbonyl (C=O) groups excluding carboxylic acids is 1. The van der Waals surface area contributed by atoms with Gasteiger partial charge in [0.15, 0.2) is 5.16 Å². The van der Waals surface area contributed by atoms with E-state index in [4.69, 9.17) is 11.6 Å². The van der Waals surface area contributed by atoms with Crippen molar-refractivity contribution in [1.29, 1.82) is 0 Å². The van der Waals surface area contributed by atoms with Crippen LogP contribution in [-0.4, -0.2) is 26.4 Å². The summed E-state index contributed by atoms with van der Waals surface area (Å²) in [6.07, 6.45) is 4.47. The van der Waals surface area contributed by atoms with Crippen molar-refractivity contribution in [3.8, 4) is 0 Å². The van der Waals surface area contributed by atoms with Gasteiger partial charge >= 0.3 is 0 Å². The lowest BCUT2D eigenvalue weighted by Gasteiger charge is -2.20. The van der Waals surface area contributed by atoms with E-state index >= 15 is 0 Å². The van der Waals surface area contributed by atoms with Crippen LogP contribution in [0, 0.1) is 0 Å². The Morgan fingerprint density at radius 3 is 2.59 bits per heavy atom. The fraction of sp³-hybridized carbons (Fsp3) is 0.318. The molecule has 7 heteroatoms. The Kier molecular flexibility index (Phi) is 6.52. The van der Waals surface area contributed by atoms with E-state index in [1.54, 1.807) is 0 Å². The van der Waals surface area contributed by atoms with Crippen molar-refractivity contribution in [2.24, 2.45) is 0 Å². The topological polar surface area (TPSA) is 59.8 Å². The number of carbonyl (C=O) groups is 1. The zero-order chi connectivity index (χ0) is 20.1. The van der Waals surface area contributed by atoms with Gasteiger partial charge in [0.2, 0.25) is 5.91 Å². The lowest BCUT2D eigenvalue weighted by molar-refractivity contribution is -0.119. The molecule has 0 radical (unpaired) electrons. The highest BCUT2D eigenvalue weighted by atomic mass is 35.5. The minimum atomic E-state index is -0.225. The first kappa shape index (κ1) is 20.0. The van der Waals surface area contributed by atoms with Crippen molar-refractivity contribution in [2.75, 3.05) is 5.75 Å². The molecule has 1 N–H and O–H groups in total. The molecule has 5 nitrogen and oxygen atoms in total. The number of halogens is 1. The van der Waals surface area contributed by atoms with E-state index < -0.39 is 0 Å². The molecule has 1 unspecified atom stereocenters. The number of fused-ring (bicyclic) bond motifs is 1. The average Bonchev–Trinajstić information content (AvgIpc) is 2.98. The highest BCUT2D eigenvalue weighted by molar-refractivity contribution is 7.99. The summed E-state index contributed by atoms with van der Waals surface area (Å²) in [6, 6.07) is 17.3. The average molecular weight is 427 g/mol. The fourth-order valence-electron chi connectivity index (χ4n) is 3.56. The first-order chi connectivity index (χ1) is 14.2. The lowest BCUT2D eigenvalue weighted by atomic mass is 9.99. The zero-order valence-corrected chi connectivity index (χ0v) is 17.6. The van der Waals surface area contributed by atoms with Crippen molar-refractivity contribution in [3.05, 3.63) is 76.6 Å². The molecule has 1 amide bonds. The number of hydrogen-bond donors (Lipinski definition) is 1. The Morgan fingerprint density at radius 1 is 1.03 bits per heavy atom. The molecule has 0 fully saturated rings. The largest absolute Gasteiger partial charge is 0.344 e. The highest BCUT2D eigenvalue weighted by Gasteiger charge is 2.19. The standard InChI is InChI=1S/C22H23ClN4OS/c23-18-12-10-17(11-13-18)21(16-7-3-1-4-8-16)24-20(28)15-29-22-26-25-19-9-5-2-6-14-27(19)22/h1,3-4,7-8,10-13,21H,2,5-6,9,14-15H2,(H,24,28). The predicted octanol–water partition coefficient (Wildman–Crippen LogP) is 4.66. The van der Waals surface area contributed by atoms with Crippen LogP contribution >= 0.6 is 23.4 Å². The Balaban J connectivity index is 1.46. The number of benzene rings is 2. The second kappa shape index (κ2) is 9.46. The third kappa shape index (κ3) is 5.00. The summed E-state index contributed by atoms with van der Waals surface area (Å²) in [4.78, 5) is 12.8. The van der Waals surface area contributed by atoms with Gasteiger partial charge in [0.05, 0.1) is 11.8 Å². The van der Waals surface area contributed by atoms with Crippen LogP contribution < -0.4 is 5.32 Å². The van der Waals surface area contributed by atoms with Crippen LogP contribution in [0.15, 0.2) is 59.8 Å². The SMILES string of the molecule is O=C(CSc1nnc2n1CCCCC2)NC(c1ccccc1)c1ccc(Cl)cc1. The van der Waals surface area contributed by atoms with Gasteiger partial charge in [-0.05, 0) is 36.1 Å². The molecule has 1 aliphatic rings. The van der Waals surface area contributed by atoms with E-state index in [-0.39, 0.29) is 11.9 Å². The van der Waals surface area contributed by atoms with Gasteiger partial charge < -0.3 is 9.88 Å². The number of amides is 1. The molecule has 0 saturated heterocycles. The van der Waals surface area contributed by atoms with Crippen LogP contribution in [-0.2, 0) is 17.8 Å². The minimum Gasteiger partial charge on any atom is -0.344 e. The number of rotatable bonds is 6. The second-order valence-corrected chi connectivity index (χ2v) is 8.49. The second-order valence-electron chi connectivity index (χ2n) is 7.11. The number of aromatic nitrogens is 3. The van der Waals surface area contributed by atoms with Gasteiger partial charge in [-0.3, -0.25) is 4.79 Å². The van der Waals surface area contributed by atoms with Gasteiger partial charge in [-0.1, -0.05) is 72.2 Å². The lowest BCUT2D eigenvalue weighted by Crippen LogP contribution is -2.30. The quantitative estimate of drug-likeness (QED) is 0.582. The maximum absolute atomic E-state index is 12.8. The number of nitrogens with zero attached hydrogens (tertiary/aromatic N) is 3. The summed E-state index contributed by atoms with van der Waals surface area (Å²) in [5, 5.41) is 13.3. The molecule has 1 aliphatic heterocycles. The third-order valence-corrected chi connectivity index (χ3v) is 6.27. The molecule has 2 heterocycles. The first-order valence-electron chi connectivity index (χ1n) is 9.85. The Hall–Kier alpha value is -2.31. The van der Waals surface area contributed by atoms with Gasteiger partial charge in [0.1, 0.15) is 5.82 Å². The van der Waals surface area contributed by atoms with Crippen molar-refractivity contribution in [1.82, 2.24) is 20.1 Å². The van der Waals surface area contributed by atoms with Crippen LogP contribution in [0.2, 0.25) is 5.02 Å². The van der Waals surface area contributed by atoms with Crippen molar-refractivity contribution in [2.45, 2.75) is 43.4 Å². The van der Waals surface area contributed by atoms with Crippen molar-refractivity contribution >= 4 is 29.3 Å². The van der Waals surface area contributed by atoms with Crippen molar-refractivity contribution in [3.63, 3.8) is 0 Å². The fourth-order valence-corrected chi connectivity index (χ4v) is 4.48. The molecule has 1 atom stereocenters. The molecule has 4 rings (SSSR count). The molecule has 1 aromatic heterocycles. The molecule has 3 aromatic rings. The van der Waals surface area contributed by atoms with Crippen LogP contribution in [0.3, 0.4) is 0 Å². The molecule has 29 heavy (non-hydrogen) atoms. The van der Waals surface area contributed by atoms with E-state index in [0.717, 1.165) is 47.9 Å². The normalized spacial score (nSPS) is 14.7. The monoisotopic (exact) mass is 426 g/mol. The van der Waals surface area contributed by atoms with Crippen LogP contribution in [0.4, 0.5) is 0 Å². The maximum atomic E-state index is 12.8. The number of aryl methyl sites for hydroxylation is 1. The van der Waals surface area contributed by atoms with Crippen LogP contribution in [0.25, 0.3) is 0 Å².